The molecule has 5 rings (SSSR count). The van der Waals surface area contributed by atoms with E-state index in [2.05, 4.69) is 10.6 Å². The van der Waals surface area contributed by atoms with Gasteiger partial charge in [0.25, 0.3) is 5.91 Å². The van der Waals surface area contributed by atoms with Crippen LogP contribution in [0.2, 0.25) is 0 Å². The molecular formula is C34H38N2O5. The number of benzene rings is 3. The Morgan fingerprint density at radius 1 is 0.878 bits per heavy atom. The fraction of sp³-hybridized carbons (Fsp3) is 0.382. The number of Topliss-reactive ketones (excluding diaryl/α,β-unsaturated/α-hetero) is 1. The maximum absolute atomic E-state index is 14.0. The molecule has 214 valence electrons. The summed E-state index contributed by atoms with van der Waals surface area (Å²) in [5, 5.41) is 27.6. The first kappa shape index (κ1) is 28.6. The molecule has 0 saturated heterocycles. The van der Waals surface area contributed by atoms with E-state index in [9.17, 15) is 24.6 Å². The monoisotopic (exact) mass is 554 g/mol. The lowest BCUT2D eigenvalue weighted by Gasteiger charge is -2.33. The molecule has 6 atom stereocenters. The third-order valence-corrected chi connectivity index (χ3v) is 9.10. The van der Waals surface area contributed by atoms with E-state index in [0.29, 0.717) is 12.1 Å². The number of aliphatic hydroxyl groups is 1. The van der Waals surface area contributed by atoms with E-state index < -0.39 is 29.9 Å². The number of carbonyl (C=O) groups excluding carboxylic acids is 3. The first-order chi connectivity index (χ1) is 19.7. The number of nitrogens with one attached hydrogen (secondary N) is 2. The fourth-order valence-electron chi connectivity index (χ4n) is 6.81. The molecule has 4 N–H and O–H groups in total. The van der Waals surface area contributed by atoms with E-state index in [1.807, 2.05) is 61.5 Å². The molecule has 2 saturated carbocycles. The van der Waals surface area contributed by atoms with Crippen molar-refractivity contribution in [3.05, 3.63) is 101 Å². The van der Waals surface area contributed by atoms with Gasteiger partial charge in [-0.25, -0.2) is 0 Å². The molecule has 0 radical (unpaired) electrons. The number of carbonyl (C=O) groups is 3. The van der Waals surface area contributed by atoms with Crippen LogP contribution in [-0.4, -0.2) is 40.0 Å². The lowest BCUT2D eigenvalue weighted by atomic mass is 9.74. The Kier molecular flexibility index (Phi) is 8.54. The molecule has 41 heavy (non-hydrogen) atoms. The number of fused-ring (bicyclic) bond motifs is 2. The number of aliphatic hydroxyl groups excluding tert-OH is 1. The Bertz CT molecular complexity index is 1420. The van der Waals surface area contributed by atoms with Crippen molar-refractivity contribution >= 4 is 17.6 Å². The van der Waals surface area contributed by atoms with E-state index in [4.69, 9.17) is 0 Å². The van der Waals surface area contributed by atoms with Crippen LogP contribution in [0, 0.1) is 37.5 Å². The summed E-state index contributed by atoms with van der Waals surface area (Å²) in [6.45, 7) is 4.04. The quantitative estimate of drug-likeness (QED) is 0.299. The van der Waals surface area contributed by atoms with Gasteiger partial charge >= 0.3 is 0 Å². The molecular weight excluding hydrogens is 516 g/mol. The molecule has 2 aliphatic carbocycles. The smallest absolute Gasteiger partial charge is 0.252 e. The minimum Gasteiger partial charge on any atom is -0.508 e. The van der Waals surface area contributed by atoms with Crippen LogP contribution in [0.25, 0.3) is 0 Å². The SMILES string of the molecule is Cc1ccccc1CNC(=O)[C@H]1C2CCC(C2)C1C(=O)[C@@H](O)[C@H](Cc1ccccc1)NC(=O)c1cccc(O)c1C. The lowest BCUT2D eigenvalue weighted by Crippen LogP contribution is -2.52. The van der Waals surface area contributed by atoms with Crippen LogP contribution >= 0.6 is 0 Å². The highest BCUT2D eigenvalue weighted by Gasteiger charge is 2.55. The number of rotatable bonds is 10. The van der Waals surface area contributed by atoms with Crippen LogP contribution < -0.4 is 10.6 Å². The van der Waals surface area contributed by atoms with Crippen LogP contribution in [0.5, 0.6) is 5.75 Å². The van der Waals surface area contributed by atoms with Gasteiger partial charge in [0.05, 0.1) is 12.0 Å². The maximum atomic E-state index is 14.0. The topological polar surface area (TPSA) is 116 Å². The van der Waals surface area contributed by atoms with Crippen molar-refractivity contribution in [2.45, 2.75) is 58.2 Å². The van der Waals surface area contributed by atoms with Crippen LogP contribution in [0.15, 0.2) is 72.8 Å². The Labute approximate surface area is 241 Å². The van der Waals surface area contributed by atoms with Gasteiger partial charge in [0.1, 0.15) is 11.9 Å². The van der Waals surface area contributed by atoms with Gasteiger partial charge in [0.15, 0.2) is 5.78 Å². The summed E-state index contributed by atoms with van der Waals surface area (Å²) in [6.07, 6.45) is 1.29. The molecule has 7 nitrogen and oxygen atoms in total. The Morgan fingerprint density at radius 2 is 1.56 bits per heavy atom. The van der Waals surface area contributed by atoms with Gasteiger partial charge in [-0.1, -0.05) is 60.7 Å². The molecule has 3 aromatic rings. The molecule has 2 aliphatic rings. The first-order valence-corrected chi connectivity index (χ1v) is 14.4. The van der Waals surface area contributed by atoms with Gasteiger partial charge in [-0.2, -0.15) is 0 Å². The zero-order valence-corrected chi connectivity index (χ0v) is 23.5. The second-order valence-electron chi connectivity index (χ2n) is 11.6. The van der Waals surface area contributed by atoms with Crippen LogP contribution in [0.3, 0.4) is 0 Å². The standard InChI is InChI=1S/C34H38N2O5/c1-20-9-6-7-12-25(20)19-35-34(41)30-24-16-15-23(18-24)29(30)32(39)31(38)27(17-22-10-4-3-5-11-22)36-33(40)26-13-8-14-28(37)21(26)2/h3-14,23-24,27,29-31,37-38H,15-19H2,1-2H3,(H,35,41)(H,36,40)/t23?,24?,27-,29?,30-,31-/m0/s1. The van der Waals surface area contributed by atoms with Crippen LogP contribution in [-0.2, 0) is 22.6 Å². The predicted octanol–water partition coefficient (Wildman–Crippen LogP) is 4.26. The van der Waals surface area contributed by atoms with Crippen molar-refractivity contribution in [1.29, 1.82) is 0 Å². The van der Waals surface area contributed by atoms with Crippen LogP contribution in [0.1, 0.15) is 51.9 Å². The highest BCUT2D eigenvalue weighted by atomic mass is 16.3. The molecule has 2 bridgehead atoms. The van der Waals surface area contributed by atoms with Gasteiger partial charge in [0.2, 0.25) is 5.91 Å². The number of ketones is 1. The van der Waals surface area contributed by atoms with Gasteiger partial charge in [0, 0.05) is 23.6 Å². The minimum atomic E-state index is -1.49. The van der Waals surface area contributed by atoms with Gasteiger partial charge in [-0.05, 0) is 80.2 Å². The number of hydrogen-bond donors (Lipinski definition) is 4. The van der Waals surface area contributed by atoms with E-state index in [1.54, 1.807) is 19.1 Å². The van der Waals surface area contributed by atoms with E-state index in [1.165, 1.54) is 6.07 Å². The van der Waals surface area contributed by atoms with Crippen molar-refractivity contribution < 1.29 is 24.6 Å². The zero-order chi connectivity index (χ0) is 29.1. The normalized spacial score (nSPS) is 22.6. The van der Waals surface area contributed by atoms with Gasteiger partial charge in [-0.3, -0.25) is 14.4 Å². The summed E-state index contributed by atoms with van der Waals surface area (Å²) in [5.41, 5.74) is 3.67. The second kappa shape index (κ2) is 12.3. The largest absolute Gasteiger partial charge is 0.508 e. The zero-order valence-electron chi connectivity index (χ0n) is 23.5. The molecule has 0 spiro atoms. The van der Waals surface area contributed by atoms with Gasteiger partial charge < -0.3 is 20.8 Å². The summed E-state index contributed by atoms with van der Waals surface area (Å²) in [4.78, 5) is 40.8. The number of amides is 2. The Hall–Kier alpha value is -3.97. The van der Waals surface area contributed by atoms with E-state index >= 15 is 0 Å². The highest BCUT2D eigenvalue weighted by molar-refractivity contribution is 5.98. The number of phenols is 1. The van der Waals surface area contributed by atoms with Crippen molar-refractivity contribution in [3.63, 3.8) is 0 Å². The molecule has 3 aromatic carbocycles. The molecule has 7 heteroatoms. The number of aryl methyl sites for hydroxylation is 1. The summed E-state index contributed by atoms with van der Waals surface area (Å²) < 4.78 is 0. The molecule has 0 heterocycles. The maximum Gasteiger partial charge on any atom is 0.252 e. The van der Waals surface area contributed by atoms with E-state index in [-0.39, 0.29) is 41.3 Å². The molecule has 2 amide bonds. The first-order valence-electron chi connectivity index (χ1n) is 14.4. The third kappa shape index (κ3) is 6.05. The minimum absolute atomic E-state index is 0.00424. The van der Waals surface area contributed by atoms with Crippen molar-refractivity contribution in [3.8, 4) is 5.75 Å². The number of aromatic hydroxyl groups is 1. The fourth-order valence-corrected chi connectivity index (χ4v) is 6.81. The second-order valence-corrected chi connectivity index (χ2v) is 11.6. The summed E-state index contributed by atoms with van der Waals surface area (Å²) in [6, 6.07) is 21.0. The van der Waals surface area contributed by atoms with Crippen molar-refractivity contribution in [2.75, 3.05) is 0 Å². The summed E-state index contributed by atoms with van der Waals surface area (Å²) in [5.74, 6) is -1.97. The van der Waals surface area contributed by atoms with E-state index in [0.717, 1.165) is 36.0 Å². The molecule has 0 aliphatic heterocycles. The average molecular weight is 555 g/mol. The third-order valence-electron chi connectivity index (χ3n) is 9.10. The van der Waals surface area contributed by atoms with Crippen LogP contribution in [0.4, 0.5) is 0 Å². The van der Waals surface area contributed by atoms with Crippen molar-refractivity contribution in [2.24, 2.45) is 23.7 Å². The molecule has 3 unspecified atom stereocenters. The average Bonchev–Trinajstić information content (AvgIpc) is 3.60. The van der Waals surface area contributed by atoms with Gasteiger partial charge in [-0.15, -0.1) is 0 Å². The molecule has 0 aromatic heterocycles. The molecule has 2 fully saturated rings. The lowest BCUT2D eigenvalue weighted by molar-refractivity contribution is -0.141. The summed E-state index contributed by atoms with van der Waals surface area (Å²) >= 11 is 0. The predicted molar refractivity (Wildman–Crippen MR) is 156 cm³/mol. The summed E-state index contributed by atoms with van der Waals surface area (Å²) in [7, 11) is 0. The van der Waals surface area contributed by atoms with Crippen molar-refractivity contribution in [1.82, 2.24) is 10.6 Å². The number of phenolic OH excluding ortho intramolecular Hbond substituents is 1. The number of hydrogen-bond acceptors (Lipinski definition) is 5. The highest BCUT2D eigenvalue weighted by Crippen LogP contribution is 2.53. The Balaban J connectivity index is 1.36. The Morgan fingerprint density at radius 3 is 2.29 bits per heavy atom.